The smallest absolute Gasteiger partial charge is 0.226 e. The van der Waals surface area contributed by atoms with Gasteiger partial charge in [-0.1, -0.05) is 26.2 Å². The maximum Gasteiger partial charge on any atom is 0.226 e. The Kier molecular flexibility index (Phi) is 5.01. The molecule has 2 aliphatic rings. The highest BCUT2D eigenvalue weighted by atomic mass is 16.5. The van der Waals surface area contributed by atoms with Gasteiger partial charge in [0, 0.05) is 18.7 Å². The molecular weight excluding hydrogens is 228 g/mol. The first-order valence-corrected chi connectivity index (χ1v) is 7.40. The van der Waals surface area contributed by atoms with E-state index in [0.717, 1.165) is 25.7 Å². The second kappa shape index (κ2) is 6.53. The minimum absolute atomic E-state index is 0.0328. The Labute approximate surface area is 110 Å². The fourth-order valence-corrected chi connectivity index (χ4v) is 3.16. The molecule has 0 bridgehead atoms. The molecule has 0 aromatic carbocycles. The van der Waals surface area contributed by atoms with E-state index in [2.05, 4.69) is 12.2 Å². The molecule has 2 rings (SSSR count). The fourth-order valence-electron chi connectivity index (χ4n) is 3.16. The summed E-state index contributed by atoms with van der Waals surface area (Å²) in [6.07, 6.45) is 7.53. The van der Waals surface area contributed by atoms with E-state index in [-0.39, 0.29) is 30.0 Å². The van der Waals surface area contributed by atoms with Crippen LogP contribution in [0.15, 0.2) is 0 Å². The molecule has 0 aromatic heterocycles. The first kappa shape index (κ1) is 13.8. The van der Waals surface area contributed by atoms with E-state index in [1.54, 1.807) is 0 Å². The lowest BCUT2D eigenvalue weighted by molar-refractivity contribution is -0.127. The summed E-state index contributed by atoms with van der Waals surface area (Å²) in [6.45, 7) is 2.79. The van der Waals surface area contributed by atoms with Crippen LogP contribution in [0.2, 0.25) is 0 Å². The molecule has 2 fully saturated rings. The van der Waals surface area contributed by atoms with Crippen molar-refractivity contribution in [3.05, 3.63) is 0 Å². The Morgan fingerprint density at radius 2 is 2.06 bits per heavy atom. The van der Waals surface area contributed by atoms with Gasteiger partial charge in [0.25, 0.3) is 0 Å². The summed E-state index contributed by atoms with van der Waals surface area (Å²) in [6, 6.07) is 0.289. The molecule has 4 unspecified atom stereocenters. The van der Waals surface area contributed by atoms with Gasteiger partial charge in [-0.2, -0.15) is 0 Å². The lowest BCUT2D eigenvalue weighted by Crippen LogP contribution is -2.49. The van der Waals surface area contributed by atoms with Crippen LogP contribution >= 0.6 is 0 Å². The van der Waals surface area contributed by atoms with Crippen LogP contribution in [-0.4, -0.2) is 30.7 Å². The second-order valence-electron chi connectivity index (χ2n) is 5.63. The highest BCUT2D eigenvalue weighted by Crippen LogP contribution is 2.24. The van der Waals surface area contributed by atoms with E-state index >= 15 is 0 Å². The molecule has 1 heterocycles. The maximum atomic E-state index is 12.3. The molecule has 1 saturated carbocycles. The molecule has 1 saturated heterocycles. The van der Waals surface area contributed by atoms with Crippen molar-refractivity contribution in [2.24, 2.45) is 11.7 Å². The van der Waals surface area contributed by atoms with Gasteiger partial charge < -0.3 is 15.8 Å². The number of hydrogen-bond donors (Lipinski definition) is 2. The first-order chi connectivity index (χ1) is 8.72. The topological polar surface area (TPSA) is 64.3 Å². The molecule has 0 spiro atoms. The second-order valence-corrected chi connectivity index (χ2v) is 5.63. The van der Waals surface area contributed by atoms with E-state index in [0.29, 0.717) is 6.61 Å². The van der Waals surface area contributed by atoms with Crippen LogP contribution in [0.4, 0.5) is 0 Å². The SMILES string of the molecule is CCC1OCCC1C(=O)NC1CCCCCC1N. The molecular formula is C14H26N2O2. The van der Waals surface area contributed by atoms with Crippen LogP contribution in [0.5, 0.6) is 0 Å². The van der Waals surface area contributed by atoms with Crippen molar-refractivity contribution in [1.29, 1.82) is 0 Å². The largest absolute Gasteiger partial charge is 0.377 e. The number of nitrogens with two attached hydrogens (primary N) is 1. The monoisotopic (exact) mass is 254 g/mol. The number of ether oxygens (including phenoxy) is 1. The Hall–Kier alpha value is -0.610. The van der Waals surface area contributed by atoms with Crippen molar-refractivity contribution in [3.63, 3.8) is 0 Å². The quantitative estimate of drug-likeness (QED) is 0.752. The van der Waals surface area contributed by atoms with Gasteiger partial charge in [-0.15, -0.1) is 0 Å². The highest BCUT2D eigenvalue weighted by Gasteiger charge is 2.34. The zero-order chi connectivity index (χ0) is 13.0. The summed E-state index contributed by atoms with van der Waals surface area (Å²) >= 11 is 0. The van der Waals surface area contributed by atoms with Crippen molar-refractivity contribution in [2.45, 2.75) is 70.1 Å². The van der Waals surface area contributed by atoms with Gasteiger partial charge in [-0.05, 0) is 25.7 Å². The predicted octanol–water partition coefficient (Wildman–Crippen LogP) is 1.58. The van der Waals surface area contributed by atoms with Gasteiger partial charge in [-0.3, -0.25) is 4.79 Å². The molecule has 0 aromatic rings. The Balaban J connectivity index is 1.89. The summed E-state index contributed by atoms with van der Waals surface area (Å²) in [5, 5.41) is 3.17. The standard InChI is InChI=1S/C14H26N2O2/c1-2-13-10(8-9-18-13)14(17)16-12-7-5-3-4-6-11(12)15/h10-13H,2-9,15H2,1H3,(H,16,17). The molecule has 0 radical (unpaired) electrons. The molecule has 4 nitrogen and oxygen atoms in total. The maximum absolute atomic E-state index is 12.3. The van der Waals surface area contributed by atoms with Gasteiger partial charge in [-0.25, -0.2) is 0 Å². The van der Waals surface area contributed by atoms with Crippen molar-refractivity contribution in [3.8, 4) is 0 Å². The molecule has 4 atom stereocenters. The first-order valence-electron chi connectivity index (χ1n) is 7.40. The molecule has 1 amide bonds. The fraction of sp³-hybridized carbons (Fsp3) is 0.929. The molecule has 1 aliphatic heterocycles. The van der Waals surface area contributed by atoms with Crippen LogP contribution in [0.25, 0.3) is 0 Å². The van der Waals surface area contributed by atoms with Gasteiger partial charge in [0.2, 0.25) is 5.91 Å². The van der Waals surface area contributed by atoms with E-state index in [1.807, 2.05) is 0 Å². The summed E-state index contributed by atoms with van der Waals surface area (Å²) < 4.78 is 5.58. The van der Waals surface area contributed by atoms with E-state index in [4.69, 9.17) is 10.5 Å². The van der Waals surface area contributed by atoms with Crippen molar-refractivity contribution in [2.75, 3.05) is 6.61 Å². The predicted molar refractivity (Wildman–Crippen MR) is 71.1 cm³/mol. The minimum Gasteiger partial charge on any atom is -0.377 e. The van der Waals surface area contributed by atoms with Crippen LogP contribution in [0.1, 0.15) is 51.9 Å². The molecule has 104 valence electrons. The van der Waals surface area contributed by atoms with Crippen LogP contribution in [0.3, 0.4) is 0 Å². The van der Waals surface area contributed by atoms with Crippen molar-refractivity contribution in [1.82, 2.24) is 5.32 Å². The van der Waals surface area contributed by atoms with Crippen molar-refractivity contribution >= 4 is 5.91 Å². The number of rotatable bonds is 3. The number of carbonyl (C=O) groups excluding carboxylic acids is 1. The van der Waals surface area contributed by atoms with Crippen LogP contribution < -0.4 is 11.1 Å². The van der Waals surface area contributed by atoms with E-state index < -0.39 is 0 Å². The van der Waals surface area contributed by atoms with Gasteiger partial charge in [0.1, 0.15) is 0 Å². The average molecular weight is 254 g/mol. The molecule has 4 heteroatoms. The number of carbonyl (C=O) groups is 1. The number of amides is 1. The summed E-state index contributed by atoms with van der Waals surface area (Å²) in [4.78, 5) is 12.3. The summed E-state index contributed by atoms with van der Waals surface area (Å²) in [7, 11) is 0. The van der Waals surface area contributed by atoms with Crippen LogP contribution in [-0.2, 0) is 9.53 Å². The van der Waals surface area contributed by atoms with E-state index in [9.17, 15) is 4.79 Å². The third kappa shape index (κ3) is 3.23. The lowest BCUT2D eigenvalue weighted by atomic mass is 9.96. The van der Waals surface area contributed by atoms with Gasteiger partial charge in [0.05, 0.1) is 12.0 Å². The number of nitrogens with one attached hydrogen (secondary N) is 1. The van der Waals surface area contributed by atoms with Crippen LogP contribution in [0, 0.1) is 5.92 Å². The Morgan fingerprint density at radius 3 is 2.83 bits per heavy atom. The average Bonchev–Trinajstić information content (AvgIpc) is 2.76. The lowest BCUT2D eigenvalue weighted by Gasteiger charge is -2.25. The third-order valence-corrected chi connectivity index (χ3v) is 4.35. The minimum atomic E-state index is 0.0328. The number of hydrogen-bond acceptors (Lipinski definition) is 3. The third-order valence-electron chi connectivity index (χ3n) is 4.35. The summed E-state index contributed by atoms with van der Waals surface area (Å²) in [5.41, 5.74) is 6.15. The zero-order valence-corrected chi connectivity index (χ0v) is 11.4. The Morgan fingerprint density at radius 1 is 1.28 bits per heavy atom. The summed E-state index contributed by atoms with van der Waals surface area (Å²) in [5.74, 6) is 0.187. The molecule has 18 heavy (non-hydrogen) atoms. The normalized spacial score (nSPS) is 37.2. The zero-order valence-electron chi connectivity index (χ0n) is 11.4. The highest BCUT2D eigenvalue weighted by molar-refractivity contribution is 5.79. The Bertz CT molecular complexity index is 283. The van der Waals surface area contributed by atoms with Gasteiger partial charge >= 0.3 is 0 Å². The van der Waals surface area contributed by atoms with Crippen molar-refractivity contribution < 1.29 is 9.53 Å². The van der Waals surface area contributed by atoms with Gasteiger partial charge in [0.15, 0.2) is 0 Å². The van der Waals surface area contributed by atoms with E-state index in [1.165, 1.54) is 19.3 Å². The molecule has 3 N–H and O–H groups in total. The molecule has 1 aliphatic carbocycles.